The third kappa shape index (κ3) is 6.24. The second-order valence-electron chi connectivity index (χ2n) is 22.9. The number of nitrogens with zero attached hydrogens (tertiary/aromatic N) is 8. The zero-order valence-electron chi connectivity index (χ0n) is 47.1. The van der Waals surface area contributed by atoms with Gasteiger partial charge in [-0.1, -0.05) is 194 Å². The van der Waals surface area contributed by atoms with Gasteiger partial charge in [0, 0.05) is 76.0 Å². The minimum atomic E-state index is 0.333. The average Bonchev–Trinajstić information content (AvgIpc) is 1.73. The summed E-state index contributed by atoms with van der Waals surface area (Å²) in [6.07, 6.45) is 0. The summed E-state index contributed by atoms with van der Waals surface area (Å²) in [5.41, 5.74) is 16.9. The molecule has 0 amide bonds. The molecule has 0 bridgehead atoms. The number of fused-ring (bicyclic) bond motifs is 20. The van der Waals surface area contributed by atoms with E-state index in [1.54, 1.807) is 0 Å². The lowest BCUT2D eigenvalue weighted by molar-refractivity contribution is 1.03. The standard InChI is InChI=1S/C80H46N8/c1-82-74-77(87-68-42-22-14-34-59(68)72-70(87)46-44-57-55-32-12-16-36-62(55)83(75(57)72)49-24-4-2-5-25-49)61(48-81)78(85-64-38-18-8-28-51(64)52-29-9-19-39-65(52)85)80(79(74)86-66-40-20-10-30-53(66)54-31-11-21-41-67(54)86)88-69-43-23-15-35-60(69)73-71(88)47-45-58-56-33-13-17-37-63(56)84(76(58)73)50-26-6-3-7-27-50/h2-47H. The molecular weight excluding hydrogens is 1070 g/mol. The van der Waals surface area contributed by atoms with E-state index in [1.807, 2.05) is 0 Å². The summed E-state index contributed by atoms with van der Waals surface area (Å²) >= 11 is 0. The molecule has 0 saturated carbocycles. The van der Waals surface area contributed by atoms with Gasteiger partial charge < -0.3 is 27.4 Å². The third-order valence-corrected chi connectivity index (χ3v) is 18.6. The van der Waals surface area contributed by atoms with Crippen molar-refractivity contribution in [2.75, 3.05) is 0 Å². The van der Waals surface area contributed by atoms with Crippen molar-refractivity contribution in [1.29, 1.82) is 5.26 Å². The van der Waals surface area contributed by atoms with E-state index >= 15 is 0 Å². The van der Waals surface area contributed by atoms with Gasteiger partial charge in [-0.25, -0.2) is 4.85 Å². The summed E-state index contributed by atoms with van der Waals surface area (Å²) in [5, 5.41) is 25.8. The molecule has 0 aliphatic heterocycles. The smallest absolute Gasteiger partial charge is 0.237 e. The normalized spacial score (nSPS) is 12.1. The third-order valence-electron chi connectivity index (χ3n) is 18.6. The van der Waals surface area contributed by atoms with Gasteiger partial charge in [0.15, 0.2) is 0 Å². The molecule has 13 aromatic carbocycles. The number of benzene rings is 13. The van der Waals surface area contributed by atoms with E-state index in [2.05, 4.69) is 313 Å². The Balaban J connectivity index is 1.10. The van der Waals surface area contributed by atoms with E-state index < -0.39 is 0 Å². The summed E-state index contributed by atoms with van der Waals surface area (Å²) in [5.74, 6) is 0. The predicted octanol–water partition coefficient (Wildman–Crippen LogP) is 20.7. The van der Waals surface area contributed by atoms with Crippen molar-refractivity contribution in [1.82, 2.24) is 27.4 Å². The molecule has 0 radical (unpaired) electrons. The highest BCUT2D eigenvalue weighted by Crippen LogP contribution is 2.54. The van der Waals surface area contributed by atoms with Crippen molar-refractivity contribution in [2.45, 2.75) is 0 Å². The maximum absolute atomic E-state index is 13.0. The molecule has 0 N–H and O–H groups in total. The zero-order chi connectivity index (χ0) is 57.9. The molecule has 406 valence electrons. The average molecular weight is 1120 g/mol. The van der Waals surface area contributed by atoms with Crippen molar-refractivity contribution in [3.05, 3.63) is 296 Å². The lowest BCUT2D eigenvalue weighted by Crippen LogP contribution is -2.14. The van der Waals surface area contributed by atoms with Crippen LogP contribution in [0.4, 0.5) is 5.69 Å². The highest BCUT2D eigenvalue weighted by atomic mass is 15.1. The zero-order valence-corrected chi connectivity index (χ0v) is 47.1. The molecule has 19 rings (SSSR count). The number of rotatable bonds is 6. The predicted molar refractivity (Wildman–Crippen MR) is 363 cm³/mol. The first-order chi connectivity index (χ1) is 43.7. The number of aromatic nitrogens is 6. The summed E-state index contributed by atoms with van der Waals surface area (Å²) in [6.45, 7) is 10.1. The molecule has 0 atom stereocenters. The Hall–Kier alpha value is -12.4. The Bertz CT molecular complexity index is 6060. The lowest BCUT2D eigenvalue weighted by atomic mass is 10.0. The van der Waals surface area contributed by atoms with Gasteiger partial charge in [-0.3, -0.25) is 0 Å². The van der Waals surface area contributed by atoms with Gasteiger partial charge in [-0.15, -0.1) is 0 Å². The number of hydrogen-bond donors (Lipinski definition) is 0. The van der Waals surface area contributed by atoms with Crippen molar-refractivity contribution in [2.24, 2.45) is 0 Å². The van der Waals surface area contributed by atoms with E-state index in [0.29, 0.717) is 34.0 Å². The fourth-order valence-electron chi connectivity index (χ4n) is 15.3. The maximum atomic E-state index is 13.0. The van der Waals surface area contributed by atoms with Crippen LogP contribution in [0.1, 0.15) is 5.56 Å². The van der Waals surface area contributed by atoms with Crippen molar-refractivity contribution >= 4 is 137 Å². The number of para-hydroxylation sites is 10. The Labute approximate surface area is 502 Å². The second-order valence-corrected chi connectivity index (χ2v) is 22.9. The van der Waals surface area contributed by atoms with Crippen LogP contribution in [-0.4, -0.2) is 27.4 Å². The largest absolute Gasteiger partial charge is 0.317 e. The molecule has 0 fully saturated rings. The van der Waals surface area contributed by atoms with Crippen molar-refractivity contribution in [3.8, 4) is 40.2 Å². The molecule has 8 heteroatoms. The van der Waals surface area contributed by atoms with Crippen LogP contribution in [-0.2, 0) is 0 Å². The Morgan fingerprint density at radius 2 is 0.534 bits per heavy atom. The lowest BCUT2D eigenvalue weighted by Gasteiger charge is -2.27. The number of nitriles is 1. The molecule has 19 aromatic rings. The van der Waals surface area contributed by atoms with E-state index in [0.717, 1.165) is 142 Å². The summed E-state index contributed by atoms with van der Waals surface area (Å²) < 4.78 is 14.1. The van der Waals surface area contributed by atoms with Crippen LogP contribution in [0.2, 0.25) is 0 Å². The van der Waals surface area contributed by atoms with E-state index in [9.17, 15) is 11.8 Å². The maximum Gasteiger partial charge on any atom is 0.237 e. The molecule has 6 aromatic heterocycles. The van der Waals surface area contributed by atoms with Gasteiger partial charge >= 0.3 is 0 Å². The van der Waals surface area contributed by atoms with Crippen LogP contribution in [0.3, 0.4) is 0 Å². The Morgan fingerprint density at radius 1 is 0.250 bits per heavy atom. The van der Waals surface area contributed by atoms with Gasteiger partial charge in [0.05, 0.1) is 101 Å². The van der Waals surface area contributed by atoms with Crippen molar-refractivity contribution in [3.63, 3.8) is 0 Å². The molecule has 0 unspecified atom stereocenters. The van der Waals surface area contributed by atoms with Gasteiger partial charge in [0.25, 0.3) is 0 Å². The highest BCUT2D eigenvalue weighted by Gasteiger charge is 2.36. The first-order valence-electron chi connectivity index (χ1n) is 29.7. The fourth-order valence-corrected chi connectivity index (χ4v) is 15.3. The Kier molecular flexibility index (Phi) is 9.87. The molecule has 0 aliphatic carbocycles. The van der Waals surface area contributed by atoms with Gasteiger partial charge in [0.2, 0.25) is 5.69 Å². The molecule has 0 aliphatic rings. The SMILES string of the molecule is [C-]#[N+]c1c(-n2c3ccccc3c3ccccc32)c(-n2c3ccccc3c3c2ccc2c4ccccc4n(-c4ccccc4)c23)c(-n2c3ccccc3c3ccccc32)c(C#N)c1-n1c2ccccc2c2c1ccc1c3ccccc3n(-c3ccccc3)c12. The van der Waals surface area contributed by atoms with Gasteiger partial charge in [-0.2, -0.15) is 5.26 Å². The molecule has 6 heterocycles. The van der Waals surface area contributed by atoms with Crippen LogP contribution in [0.5, 0.6) is 0 Å². The van der Waals surface area contributed by atoms with Gasteiger partial charge in [0.1, 0.15) is 6.07 Å². The molecule has 0 saturated heterocycles. The van der Waals surface area contributed by atoms with E-state index in [1.165, 1.54) is 0 Å². The summed E-state index contributed by atoms with van der Waals surface area (Å²) in [4.78, 5) is 4.92. The Morgan fingerprint density at radius 3 is 0.898 bits per heavy atom. The van der Waals surface area contributed by atoms with Gasteiger partial charge in [-0.05, 0) is 84.9 Å². The van der Waals surface area contributed by atoms with Crippen molar-refractivity contribution < 1.29 is 0 Å². The quantitative estimate of drug-likeness (QED) is 0.153. The summed E-state index contributed by atoms with van der Waals surface area (Å²) in [6, 6.07) is 102. The van der Waals surface area contributed by atoms with Crippen LogP contribution in [0, 0.1) is 17.9 Å². The molecule has 0 spiro atoms. The topological polar surface area (TPSA) is 57.7 Å². The second kappa shape index (κ2) is 18.1. The molecule has 88 heavy (non-hydrogen) atoms. The molecular formula is C80H46N8. The minimum absolute atomic E-state index is 0.333. The minimum Gasteiger partial charge on any atom is -0.317 e. The molecule has 8 nitrogen and oxygen atoms in total. The van der Waals surface area contributed by atoms with E-state index in [4.69, 9.17) is 4.85 Å². The van der Waals surface area contributed by atoms with Crippen LogP contribution in [0.25, 0.3) is 170 Å². The van der Waals surface area contributed by atoms with Crippen LogP contribution in [0.15, 0.2) is 279 Å². The monoisotopic (exact) mass is 1120 g/mol. The first-order valence-corrected chi connectivity index (χ1v) is 29.7. The number of hydrogen-bond acceptors (Lipinski definition) is 1. The van der Waals surface area contributed by atoms with E-state index in [-0.39, 0.29) is 0 Å². The van der Waals surface area contributed by atoms with Crippen LogP contribution < -0.4 is 0 Å². The fraction of sp³-hybridized carbons (Fsp3) is 0. The van der Waals surface area contributed by atoms with Crippen LogP contribution >= 0.6 is 0 Å². The summed E-state index contributed by atoms with van der Waals surface area (Å²) in [7, 11) is 0. The highest BCUT2D eigenvalue weighted by molar-refractivity contribution is 6.29. The first kappa shape index (κ1) is 48.1.